The number of aromatic nitrogens is 3. The summed E-state index contributed by atoms with van der Waals surface area (Å²) >= 11 is 0. The Morgan fingerprint density at radius 2 is 1.62 bits per heavy atom. The number of nitrogens with one attached hydrogen (secondary N) is 2. The predicted octanol–water partition coefficient (Wildman–Crippen LogP) is 6.26. The Labute approximate surface area is 188 Å². The first-order valence-electron chi connectivity index (χ1n) is 10.6. The lowest BCUT2D eigenvalue weighted by atomic mass is 10.1. The van der Waals surface area contributed by atoms with Gasteiger partial charge >= 0.3 is 0 Å². The molecule has 0 aliphatic carbocycles. The summed E-state index contributed by atoms with van der Waals surface area (Å²) in [5.74, 6) is 0.324. The number of rotatable bonds is 5. The quantitative estimate of drug-likeness (QED) is 0.394. The molecule has 4 aromatic rings. The molecule has 162 valence electrons. The van der Waals surface area contributed by atoms with E-state index in [4.69, 9.17) is 0 Å². The molecule has 4 rings (SSSR count). The first-order valence-corrected chi connectivity index (χ1v) is 10.6. The van der Waals surface area contributed by atoms with E-state index in [2.05, 4.69) is 39.4 Å². The van der Waals surface area contributed by atoms with Gasteiger partial charge in [-0.3, -0.25) is 9.78 Å². The third kappa shape index (κ3) is 6.22. The fourth-order valence-electron chi connectivity index (χ4n) is 2.85. The molecule has 0 fully saturated rings. The van der Waals surface area contributed by atoms with Gasteiger partial charge in [-0.05, 0) is 55.0 Å². The Morgan fingerprint density at radius 1 is 0.906 bits per heavy atom. The van der Waals surface area contributed by atoms with Gasteiger partial charge in [-0.15, -0.1) is 0 Å². The van der Waals surface area contributed by atoms with E-state index in [-0.39, 0.29) is 5.91 Å². The number of anilines is 3. The van der Waals surface area contributed by atoms with Gasteiger partial charge in [-0.2, -0.15) is 0 Å². The molecular weight excluding hydrogens is 398 g/mol. The van der Waals surface area contributed by atoms with Gasteiger partial charge in [-0.25, -0.2) is 9.97 Å². The van der Waals surface area contributed by atoms with Crippen LogP contribution >= 0.6 is 0 Å². The number of carbonyl (C=O) groups excluding carboxylic acids is 1. The smallest absolute Gasteiger partial charge is 0.255 e. The highest BCUT2D eigenvalue weighted by molar-refractivity contribution is 6.04. The van der Waals surface area contributed by atoms with Gasteiger partial charge in [0.1, 0.15) is 0 Å². The Hall–Kier alpha value is -4.06. The van der Waals surface area contributed by atoms with Gasteiger partial charge in [0.2, 0.25) is 5.95 Å². The number of benzene rings is 2. The first kappa shape index (κ1) is 22.6. The largest absolute Gasteiger partial charge is 0.324 e. The summed E-state index contributed by atoms with van der Waals surface area (Å²) < 4.78 is 0. The molecule has 32 heavy (non-hydrogen) atoms. The molecule has 0 spiro atoms. The van der Waals surface area contributed by atoms with Crippen LogP contribution in [0, 0.1) is 6.92 Å². The van der Waals surface area contributed by atoms with Crippen molar-refractivity contribution >= 4 is 23.2 Å². The average molecular weight is 426 g/mol. The van der Waals surface area contributed by atoms with Crippen molar-refractivity contribution in [3.63, 3.8) is 0 Å². The maximum atomic E-state index is 12.4. The molecule has 2 N–H and O–H groups in total. The Bertz CT molecular complexity index is 1150. The van der Waals surface area contributed by atoms with Crippen LogP contribution in [0.15, 0.2) is 85.3 Å². The number of aryl methyl sites for hydroxylation is 1. The van der Waals surface area contributed by atoms with E-state index in [1.165, 1.54) is 6.42 Å². The second-order valence-corrected chi connectivity index (χ2v) is 7.18. The number of nitrogens with zero attached hydrogens (tertiary/aromatic N) is 3. The van der Waals surface area contributed by atoms with Gasteiger partial charge < -0.3 is 10.6 Å². The van der Waals surface area contributed by atoms with Crippen molar-refractivity contribution in [1.29, 1.82) is 0 Å². The molecule has 0 saturated heterocycles. The number of hydrogen-bond acceptors (Lipinski definition) is 5. The molecule has 2 aromatic heterocycles. The van der Waals surface area contributed by atoms with Crippen molar-refractivity contribution in [1.82, 2.24) is 15.0 Å². The van der Waals surface area contributed by atoms with Crippen molar-refractivity contribution < 1.29 is 4.79 Å². The van der Waals surface area contributed by atoms with Gasteiger partial charge in [-0.1, -0.05) is 44.5 Å². The average Bonchev–Trinajstić information content (AvgIpc) is 2.83. The Kier molecular flexibility index (Phi) is 8.03. The van der Waals surface area contributed by atoms with Gasteiger partial charge in [0.25, 0.3) is 5.91 Å². The van der Waals surface area contributed by atoms with Crippen LogP contribution in [0.5, 0.6) is 0 Å². The molecule has 6 heteroatoms. The maximum Gasteiger partial charge on any atom is 0.255 e. The van der Waals surface area contributed by atoms with Crippen LogP contribution in [0.2, 0.25) is 0 Å². The summed E-state index contributed by atoms with van der Waals surface area (Å²) in [6.07, 6.45) is 6.42. The summed E-state index contributed by atoms with van der Waals surface area (Å²) in [5, 5.41) is 6.17. The van der Waals surface area contributed by atoms with E-state index >= 15 is 0 Å². The van der Waals surface area contributed by atoms with Crippen molar-refractivity contribution in [2.24, 2.45) is 0 Å². The lowest BCUT2D eigenvalue weighted by Crippen LogP contribution is -2.12. The Balaban J connectivity index is 0.000000913. The van der Waals surface area contributed by atoms with E-state index in [1.54, 1.807) is 30.7 Å². The van der Waals surface area contributed by atoms with Crippen LogP contribution in [0.25, 0.3) is 11.3 Å². The summed E-state index contributed by atoms with van der Waals surface area (Å²) in [7, 11) is 0. The van der Waals surface area contributed by atoms with Crippen molar-refractivity contribution in [2.45, 2.75) is 27.2 Å². The molecule has 2 aromatic carbocycles. The van der Waals surface area contributed by atoms with Crippen molar-refractivity contribution in [3.8, 4) is 11.3 Å². The van der Waals surface area contributed by atoms with E-state index < -0.39 is 0 Å². The van der Waals surface area contributed by atoms with Crippen LogP contribution < -0.4 is 10.6 Å². The standard InChI is InChI=1S/C23H19N5O.C3H8/c1-16-7-8-19(26-22(29)18-5-3-2-4-6-18)15-21(16)28-23-25-14-11-20(27-23)17-9-12-24-13-10-17;1-3-2/h2-15H,1H3,(H,26,29)(H,25,27,28);3H2,1-2H3. The summed E-state index contributed by atoms with van der Waals surface area (Å²) in [5.41, 5.74) is 4.90. The highest BCUT2D eigenvalue weighted by Gasteiger charge is 2.09. The summed E-state index contributed by atoms with van der Waals surface area (Å²) in [4.78, 5) is 25.3. The zero-order valence-electron chi connectivity index (χ0n) is 18.5. The van der Waals surface area contributed by atoms with Gasteiger partial charge in [0.15, 0.2) is 0 Å². The van der Waals surface area contributed by atoms with Crippen LogP contribution in [-0.2, 0) is 0 Å². The summed E-state index contributed by atoms with van der Waals surface area (Å²) in [6.45, 7) is 6.23. The van der Waals surface area contributed by atoms with Crippen LogP contribution in [0.1, 0.15) is 36.2 Å². The number of pyridine rings is 1. The minimum absolute atomic E-state index is 0.156. The number of amides is 1. The minimum atomic E-state index is -0.156. The highest BCUT2D eigenvalue weighted by atomic mass is 16.1. The molecule has 0 unspecified atom stereocenters. The molecule has 6 nitrogen and oxygen atoms in total. The SMILES string of the molecule is CCC.Cc1ccc(NC(=O)c2ccccc2)cc1Nc1nccc(-c2ccncc2)n1. The second kappa shape index (κ2) is 11.4. The van der Waals surface area contributed by atoms with Gasteiger partial charge in [0, 0.05) is 41.1 Å². The third-order valence-corrected chi connectivity index (χ3v) is 4.41. The van der Waals surface area contributed by atoms with Crippen molar-refractivity contribution in [2.75, 3.05) is 10.6 Å². The van der Waals surface area contributed by atoms with E-state index in [0.29, 0.717) is 17.2 Å². The van der Waals surface area contributed by atoms with E-state index in [9.17, 15) is 4.79 Å². The highest BCUT2D eigenvalue weighted by Crippen LogP contribution is 2.24. The maximum absolute atomic E-state index is 12.4. The topological polar surface area (TPSA) is 79.8 Å². The number of hydrogen-bond donors (Lipinski definition) is 2. The molecule has 0 aliphatic heterocycles. The molecule has 1 amide bonds. The fraction of sp³-hybridized carbons (Fsp3) is 0.154. The first-order chi connectivity index (χ1) is 15.6. The Morgan fingerprint density at radius 3 is 2.34 bits per heavy atom. The van der Waals surface area contributed by atoms with Crippen LogP contribution in [0.3, 0.4) is 0 Å². The summed E-state index contributed by atoms with van der Waals surface area (Å²) in [6, 6.07) is 20.4. The zero-order valence-corrected chi connectivity index (χ0v) is 18.5. The minimum Gasteiger partial charge on any atom is -0.324 e. The molecule has 0 radical (unpaired) electrons. The fourth-order valence-corrected chi connectivity index (χ4v) is 2.85. The molecule has 0 atom stereocenters. The molecule has 0 saturated carbocycles. The van der Waals surface area contributed by atoms with Crippen LogP contribution in [-0.4, -0.2) is 20.9 Å². The zero-order chi connectivity index (χ0) is 22.8. The number of carbonyl (C=O) groups is 1. The molecular formula is C26H27N5O. The lowest BCUT2D eigenvalue weighted by Gasteiger charge is -2.12. The normalized spacial score (nSPS) is 9.97. The van der Waals surface area contributed by atoms with Crippen LogP contribution in [0.4, 0.5) is 17.3 Å². The molecule has 0 aliphatic rings. The van der Waals surface area contributed by atoms with E-state index in [0.717, 1.165) is 22.5 Å². The lowest BCUT2D eigenvalue weighted by molar-refractivity contribution is 0.102. The van der Waals surface area contributed by atoms with Gasteiger partial charge in [0.05, 0.1) is 5.69 Å². The second-order valence-electron chi connectivity index (χ2n) is 7.18. The van der Waals surface area contributed by atoms with Crippen molar-refractivity contribution in [3.05, 3.63) is 96.4 Å². The molecule has 0 bridgehead atoms. The monoisotopic (exact) mass is 425 g/mol. The predicted molar refractivity (Wildman–Crippen MR) is 130 cm³/mol. The van der Waals surface area contributed by atoms with E-state index in [1.807, 2.05) is 61.5 Å². The third-order valence-electron chi connectivity index (χ3n) is 4.41. The molecule has 2 heterocycles.